The molecule has 1 aliphatic heterocycles. The lowest BCUT2D eigenvalue weighted by atomic mass is 10.0. The first-order valence-electron chi connectivity index (χ1n) is 10.1. The summed E-state index contributed by atoms with van der Waals surface area (Å²) in [6.07, 6.45) is 2.80. The molecule has 0 atom stereocenters. The van der Waals surface area contributed by atoms with Crippen molar-refractivity contribution in [3.63, 3.8) is 0 Å². The molecule has 3 aromatic rings. The number of aromatic nitrogens is 1. The smallest absolute Gasteiger partial charge is 0.216 e. The maximum atomic E-state index is 14.0. The molecule has 0 radical (unpaired) electrons. The van der Waals surface area contributed by atoms with Crippen LogP contribution in [0.4, 0.5) is 8.78 Å². The molecule has 0 aliphatic carbocycles. The fraction of sp³-hybridized carbons (Fsp3) is 0.348. The van der Waals surface area contributed by atoms with E-state index >= 15 is 0 Å². The van der Waals surface area contributed by atoms with Crippen molar-refractivity contribution in [2.75, 3.05) is 19.6 Å². The Kier molecular flexibility index (Phi) is 7.10. The predicted octanol–water partition coefficient (Wildman–Crippen LogP) is 4.60. The third kappa shape index (κ3) is 4.65. The Morgan fingerprint density at radius 1 is 1.07 bits per heavy atom. The highest BCUT2D eigenvalue weighted by Crippen LogP contribution is 2.34. The molecule has 2 heterocycles. The first-order valence-corrected chi connectivity index (χ1v) is 10.1. The van der Waals surface area contributed by atoms with Gasteiger partial charge in [-0.2, -0.15) is 0 Å². The number of fused-ring (bicyclic) bond motifs is 3. The highest BCUT2D eigenvalue weighted by atomic mass is 35.5. The van der Waals surface area contributed by atoms with Crippen LogP contribution in [0.3, 0.4) is 0 Å². The average molecular weight is 434 g/mol. The van der Waals surface area contributed by atoms with E-state index in [1.54, 1.807) is 18.2 Å². The molecule has 1 N–H and O–H groups in total. The Balaban J connectivity index is 0.00000256. The van der Waals surface area contributed by atoms with Crippen LogP contribution in [0.15, 0.2) is 42.5 Å². The van der Waals surface area contributed by atoms with E-state index in [1.807, 2.05) is 6.07 Å². The molecule has 1 amide bonds. The van der Waals surface area contributed by atoms with Gasteiger partial charge in [0.1, 0.15) is 11.6 Å². The summed E-state index contributed by atoms with van der Waals surface area (Å²) in [5.74, 6) is -0.511. The van der Waals surface area contributed by atoms with Crippen molar-refractivity contribution >= 4 is 29.2 Å². The Morgan fingerprint density at radius 3 is 2.53 bits per heavy atom. The van der Waals surface area contributed by atoms with E-state index in [0.717, 1.165) is 61.1 Å². The normalized spacial score (nSPS) is 13.7. The number of unbranched alkanes of at least 4 members (excludes halogenated alkanes) is 1. The molecule has 0 saturated carbocycles. The maximum absolute atomic E-state index is 14.0. The van der Waals surface area contributed by atoms with Crippen molar-refractivity contribution < 1.29 is 13.6 Å². The van der Waals surface area contributed by atoms with E-state index < -0.39 is 0 Å². The van der Waals surface area contributed by atoms with Crippen LogP contribution in [0.25, 0.3) is 16.6 Å². The van der Waals surface area contributed by atoms with Crippen LogP contribution in [0.5, 0.6) is 0 Å². The first-order chi connectivity index (χ1) is 14.0. The summed E-state index contributed by atoms with van der Waals surface area (Å²) in [4.78, 5) is 13.3. The van der Waals surface area contributed by atoms with Gasteiger partial charge in [0.15, 0.2) is 0 Å². The number of halogens is 3. The molecule has 1 aromatic heterocycles. The highest BCUT2D eigenvalue weighted by molar-refractivity contribution is 5.87. The van der Waals surface area contributed by atoms with Crippen molar-refractivity contribution in [1.29, 1.82) is 0 Å². The molecule has 0 fully saturated rings. The topological polar surface area (TPSA) is 37.3 Å². The van der Waals surface area contributed by atoms with Crippen LogP contribution in [0.2, 0.25) is 0 Å². The molecule has 30 heavy (non-hydrogen) atoms. The molecule has 0 spiro atoms. The van der Waals surface area contributed by atoms with Gasteiger partial charge >= 0.3 is 0 Å². The SMILES string of the molecule is CC(=O)NCCCCN1CCc2c(c3cc(F)ccc3n2-c2ccc(F)cc2)C1.Cl. The summed E-state index contributed by atoms with van der Waals surface area (Å²) in [5, 5.41) is 3.75. The minimum atomic E-state index is -0.268. The molecule has 0 bridgehead atoms. The first kappa shape index (κ1) is 22.2. The van der Waals surface area contributed by atoms with Gasteiger partial charge in [0.2, 0.25) is 5.91 Å². The number of hydrogen-bond donors (Lipinski definition) is 1. The van der Waals surface area contributed by atoms with Gasteiger partial charge in [-0.15, -0.1) is 12.4 Å². The number of carbonyl (C=O) groups excluding carboxylic acids is 1. The molecular formula is C23H26ClF2N3O. The van der Waals surface area contributed by atoms with E-state index in [9.17, 15) is 13.6 Å². The van der Waals surface area contributed by atoms with Gasteiger partial charge in [-0.25, -0.2) is 8.78 Å². The molecule has 2 aromatic carbocycles. The zero-order valence-corrected chi connectivity index (χ0v) is 17.8. The van der Waals surface area contributed by atoms with Crippen LogP contribution in [0.1, 0.15) is 31.0 Å². The Bertz CT molecular complexity index is 1030. The van der Waals surface area contributed by atoms with E-state index in [0.29, 0.717) is 6.54 Å². The summed E-state index contributed by atoms with van der Waals surface area (Å²) >= 11 is 0. The Labute approximate surface area is 181 Å². The Hall–Kier alpha value is -2.44. The summed E-state index contributed by atoms with van der Waals surface area (Å²) in [6, 6.07) is 11.4. The van der Waals surface area contributed by atoms with Crippen molar-refractivity contribution in [3.8, 4) is 5.69 Å². The van der Waals surface area contributed by atoms with Crippen LogP contribution in [-0.4, -0.2) is 35.0 Å². The fourth-order valence-electron chi connectivity index (χ4n) is 4.19. The molecule has 4 rings (SSSR count). The van der Waals surface area contributed by atoms with E-state index in [2.05, 4.69) is 14.8 Å². The number of rotatable bonds is 6. The molecule has 1 aliphatic rings. The van der Waals surface area contributed by atoms with E-state index in [1.165, 1.54) is 30.8 Å². The zero-order chi connectivity index (χ0) is 20.4. The van der Waals surface area contributed by atoms with Gasteiger partial charge in [-0.1, -0.05) is 0 Å². The third-order valence-corrected chi connectivity index (χ3v) is 5.55. The summed E-state index contributed by atoms with van der Waals surface area (Å²) in [6.45, 7) is 4.86. The van der Waals surface area contributed by atoms with Crippen molar-refractivity contribution in [3.05, 3.63) is 65.4 Å². The third-order valence-electron chi connectivity index (χ3n) is 5.55. The van der Waals surface area contributed by atoms with Crippen molar-refractivity contribution in [1.82, 2.24) is 14.8 Å². The lowest BCUT2D eigenvalue weighted by Crippen LogP contribution is -2.32. The number of carbonyl (C=O) groups is 1. The quantitative estimate of drug-likeness (QED) is 0.576. The predicted molar refractivity (Wildman–Crippen MR) is 117 cm³/mol. The molecule has 160 valence electrons. The second-order valence-electron chi connectivity index (χ2n) is 7.61. The number of hydrogen-bond acceptors (Lipinski definition) is 2. The van der Waals surface area contributed by atoms with Crippen LogP contribution in [-0.2, 0) is 17.8 Å². The van der Waals surface area contributed by atoms with Crippen LogP contribution < -0.4 is 5.32 Å². The van der Waals surface area contributed by atoms with E-state index in [-0.39, 0.29) is 29.9 Å². The number of nitrogens with zero attached hydrogens (tertiary/aromatic N) is 2. The monoisotopic (exact) mass is 433 g/mol. The second kappa shape index (κ2) is 9.58. The maximum Gasteiger partial charge on any atom is 0.216 e. The summed E-state index contributed by atoms with van der Waals surface area (Å²) < 4.78 is 29.6. The molecule has 4 nitrogen and oxygen atoms in total. The van der Waals surface area contributed by atoms with Gasteiger partial charge in [0.05, 0.1) is 5.52 Å². The zero-order valence-electron chi connectivity index (χ0n) is 17.0. The minimum absolute atomic E-state index is 0. The van der Waals surface area contributed by atoms with Crippen molar-refractivity contribution in [2.24, 2.45) is 0 Å². The van der Waals surface area contributed by atoms with Crippen LogP contribution >= 0.6 is 12.4 Å². The summed E-state index contributed by atoms with van der Waals surface area (Å²) in [7, 11) is 0. The van der Waals surface area contributed by atoms with Crippen LogP contribution in [0, 0.1) is 11.6 Å². The highest BCUT2D eigenvalue weighted by Gasteiger charge is 2.24. The summed E-state index contributed by atoms with van der Waals surface area (Å²) in [5.41, 5.74) is 4.17. The van der Waals surface area contributed by atoms with E-state index in [4.69, 9.17) is 0 Å². The fourth-order valence-corrected chi connectivity index (χ4v) is 4.19. The Morgan fingerprint density at radius 2 is 1.80 bits per heavy atom. The molecular weight excluding hydrogens is 408 g/mol. The van der Waals surface area contributed by atoms with Gasteiger partial charge in [-0.3, -0.25) is 9.69 Å². The van der Waals surface area contributed by atoms with Gasteiger partial charge < -0.3 is 9.88 Å². The largest absolute Gasteiger partial charge is 0.356 e. The molecule has 0 unspecified atom stereocenters. The minimum Gasteiger partial charge on any atom is -0.356 e. The molecule has 0 saturated heterocycles. The molecule has 7 heteroatoms. The number of benzene rings is 2. The number of amides is 1. The van der Waals surface area contributed by atoms with Gasteiger partial charge in [0, 0.05) is 49.7 Å². The lowest BCUT2D eigenvalue weighted by molar-refractivity contribution is -0.118. The average Bonchev–Trinajstić information content (AvgIpc) is 3.01. The standard InChI is InChI=1S/C23H25F2N3O.ClH/c1-16(29)26-11-2-3-12-27-13-10-23-21(15-27)20-14-18(25)6-9-22(20)28(23)19-7-4-17(24)5-8-19;/h4-9,14H,2-3,10-13,15H2,1H3,(H,26,29);1H. The van der Waals surface area contributed by atoms with Crippen molar-refractivity contribution in [2.45, 2.75) is 32.7 Å². The van der Waals surface area contributed by atoms with Gasteiger partial charge in [-0.05, 0) is 67.4 Å². The lowest BCUT2D eigenvalue weighted by Gasteiger charge is -2.28. The second-order valence-corrected chi connectivity index (χ2v) is 7.61. The van der Waals surface area contributed by atoms with Gasteiger partial charge in [0.25, 0.3) is 0 Å². The number of nitrogens with one attached hydrogen (secondary N) is 1.